The van der Waals surface area contributed by atoms with Crippen LogP contribution in [0, 0.1) is 5.82 Å². The van der Waals surface area contributed by atoms with Crippen LogP contribution >= 0.6 is 0 Å². The SMILES string of the molecule is Cn1cnnc1-c1cc(F)ccc1-c1cccc(-c2nc3cc([C@H](CO)N4CCC4)cc(C(F)(F)F)c3o2)c1. The van der Waals surface area contributed by atoms with E-state index in [1.165, 1.54) is 18.5 Å². The van der Waals surface area contributed by atoms with Gasteiger partial charge in [-0.1, -0.05) is 18.2 Å². The molecular formula is C28H23F4N5O2. The van der Waals surface area contributed by atoms with Crippen molar-refractivity contribution in [3.63, 3.8) is 0 Å². The molecule has 1 saturated heterocycles. The molecule has 11 heteroatoms. The summed E-state index contributed by atoms with van der Waals surface area (Å²) in [4.78, 5) is 6.35. The van der Waals surface area contributed by atoms with Crippen molar-refractivity contribution in [1.82, 2.24) is 24.6 Å². The van der Waals surface area contributed by atoms with Gasteiger partial charge in [-0.3, -0.25) is 4.90 Å². The summed E-state index contributed by atoms with van der Waals surface area (Å²) in [5.41, 5.74) is 1.38. The molecule has 1 N–H and O–H groups in total. The molecule has 3 aromatic carbocycles. The summed E-state index contributed by atoms with van der Waals surface area (Å²) in [5.74, 6) is 0.0304. The number of fused-ring (bicyclic) bond motifs is 1. The summed E-state index contributed by atoms with van der Waals surface area (Å²) in [6.07, 6.45) is -2.24. The number of hydrogen-bond acceptors (Lipinski definition) is 6. The highest BCUT2D eigenvalue weighted by Crippen LogP contribution is 2.40. The fraction of sp³-hybridized carbons (Fsp3) is 0.250. The minimum Gasteiger partial charge on any atom is -0.435 e. The predicted octanol–water partition coefficient (Wildman–Crippen LogP) is 5.85. The van der Waals surface area contributed by atoms with Gasteiger partial charge < -0.3 is 14.1 Å². The van der Waals surface area contributed by atoms with Crippen molar-refractivity contribution < 1.29 is 27.1 Å². The molecule has 0 amide bonds. The largest absolute Gasteiger partial charge is 0.435 e. The molecule has 1 fully saturated rings. The van der Waals surface area contributed by atoms with Gasteiger partial charge in [-0.15, -0.1) is 10.2 Å². The normalized spacial score (nSPS) is 15.0. The highest BCUT2D eigenvalue weighted by atomic mass is 19.4. The molecule has 1 aliphatic heterocycles. The summed E-state index contributed by atoms with van der Waals surface area (Å²) < 4.78 is 63.9. The van der Waals surface area contributed by atoms with Gasteiger partial charge in [0.2, 0.25) is 5.89 Å². The van der Waals surface area contributed by atoms with Crippen LogP contribution in [0.25, 0.3) is 45.1 Å². The number of aryl methyl sites for hydroxylation is 1. The van der Waals surface area contributed by atoms with Gasteiger partial charge in [-0.2, -0.15) is 13.2 Å². The van der Waals surface area contributed by atoms with Crippen LogP contribution in [-0.2, 0) is 13.2 Å². The van der Waals surface area contributed by atoms with Crippen molar-refractivity contribution in [2.45, 2.75) is 18.6 Å². The van der Waals surface area contributed by atoms with Gasteiger partial charge in [0.1, 0.15) is 23.2 Å². The van der Waals surface area contributed by atoms with Crippen LogP contribution in [0.5, 0.6) is 0 Å². The van der Waals surface area contributed by atoms with Crippen LogP contribution in [0.3, 0.4) is 0 Å². The zero-order chi connectivity index (χ0) is 27.3. The quantitative estimate of drug-likeness (QED) is 0.274. The molecule has 6 rings (SSSR count). The van der Waals surface area contributed by atoms with Crippen molar-refractivity contribution in [2.24, 2.45) is 7.05 Å². The third-order valence-corrected chi connectivity index (χ3v) is 7.06. The Kier molecular flexibility index (Phi) is 6.19. The van der Waals surface area contributed by atoms with Crippen LogP contribution in [0.1, 0.15) is 23.6 Å². The van der Waals surface area contributed by atoms with Crippen molar-refractivity contribution >= 4 is 11.1 Å². The van der Waals surface area contributed by atoms with Crippen molar-refractivity contribution in [1.29, 1.82) is 0 Å². The van der Waals surface area contributed by atoms with E-state index < -0.39 is 23.6 Å². The number of rotatable bonds is 6. The smallest absolute Gasteiger partial charge is 0.420 e. The average molecular weight is 538 g/mol. The molecule has 3 heterocycles. The van der Waals surface area contributed by atoms with E-state index in [0.717, 1.165) is 12.5 Å². The van der Waals surface area contributed by atoms with Gasteiger partial charge in [0.05, 0.1) is 12.6 Å². The zero-order valence-electron chi connectivity index (χ0n) is 20.8. The Morgan fingerprint density at radius 3 is 2.49 bits per heavy atom. The first-order chi connectivity index (χ1) is 18.7. The number of alkyl halides is 3. The highest BCUT2D eigenvalue weighted by Gasteiger charge is 2.37. The lowest BCUT2D eigenvalue weighted by Gasteiger charge is -2.37. The van der Waals surface area contributed by atoms with Gasteiger partial charge in [0.15, 0.2) is 11.4 Å². The number of benzene rings is 3. The molecule has 1 aliphatic rings. The monoisotopic (exact) mass is 537 g/mol. The molecule has 0 unspecified atom stereocenters. The molecule has 0 spiro atoms. The van der Waals surface area contributed by atoms with Gasteiger partial charge in [-0.25, -0.2) is 9.37 Å². The summed E-state index contributed by atoms with van der Waals surface area (Å²) >= 11 is 0. The van der Waals surface area contributed by atoms with Gasteiger partial charge in [-0.05, 0) is 59.5 Å². The first kappa shape index (κ1) is 25.2. The van der Waals surface area contributed by atoms with E-state index in [2.05, 4.69) is 15.2 Å². The van der Waals surface area contributed by atoms with Crippen molar-refractivity contribution in [3.8, 4) is 34.0 Å². The van der Waals surface area contributed by atoms with Crippen LogP contribution in [0.2, 0.25) is 0 Å². The Labute approximate surface area is 220 Å². The maximum Gasteiger partial charge on any atom is 0.420 e. The summed E-state index contributed by atoms with van der Waals surface area (Å²) in [6.45, 7) is 1.11. The molecule has 0 radical (unpaired) electrons. The van der Waals surface area contributed by atoms with E-state index in [1.54, 1.807) is 48.0 Å². The van der Waals surface area contributed by atoms with E-state index in [4.69, 9.17) is 4.42 Å². The minimum atomic E-state index is -4.68. The molecule has 0 saturated carbocycles. The van der Waals surface area contributed by atoms with Crippen LogP contribution < -0.4 is 0 Å². The molecular weight excluding hydrogens is 514 g/mol. The maximum atomic E-state index is 14.2. The first-order valence-electron chi connectivity index (χ1n) is 12.3. The first-order valence-corrected chi connectivity index (χ1v) is 12.3. The number of halogens is 4. The Bertz CT molecular complexity index is 1670. The van der Waals surface area contributed by atoms with Crippen molar-refractivity contribution in [2.75, 3.05) is 19.7 Å². The molecule has 2 aromatic heterocycles. The third-order valence-electron chi connectivity index (χ3n) is 7.06. The molecule has 1 atom stereocenters. The summed E-state index contributed by atoms with van der Waals surface area (Å²) in [6, 6.07) is 13.3. The van der Waals surface area contributed by atoms with E-state index >= 15 is 0 Å². The second-order valence-electron chi connectivity index (χ2n) is 9.56. The molecule has 200 valence electrons. The zero-order valence-corrected chi connectivity index (χ0v) is 20.8. The van der Waals surface area contributed by atoms with Crippen LogP contribution in [0.15, 0.2) is 65.3 Å². The number of oxazole rings is 1. The molecule has 7 nitrogen and oxygen atoms in total. The minimum absolute atomic E-state index is 0.0151. The number of hydrogen-bond donors (Lipinski definition) is 1. The molecule has 39 heavy (non-hydrogen) atoms. The lowest BCUT2D eigenvalue weighted by Crippen LogP contribution is -2.41. The summed E-state index contributed by atoms with van der Waals surface area (Å²) in [7, 11) is 1.74. The molecule has 0 bridgehead atoms. The van der Waals surface area contributed by atoms with E-state index in [-0.39, 0.29) is 23.6 Å². The predicted molar refractivity (Wildman–Crippen MR) is 136 cm³/mol. The Hall–Kier alpha value is -4.09. The van der Waals surface area contributed by atoms with Gasteiger partial charge in [0, 0.05) is 31.3 Å². The number of nitrogens with zero attached hydrogens (tertiary/aromatic N) is 5. The van der Waals surface area contributed by atoms with Gasteiger partial charge >= 0.3 is 6.18 Å². The maximum absolute atomic E-state index is 14.2. The highest BCUT2D eigenvalue weighted by molar-refractivity contribution is 5.84. The van der Waals surface area contributed by atoms with E-state index in [9.17, 15) is 22.7 Å². The number of aromatic nitrogens is 4. The van der Waals surface area contributed by atoms with E-state index in [1.807, 2.05) is 4.90 Å². The Morgan fingerprint density at radius 2 is 1.82 bits per heavy atom. The number of likely N-dealkylation sites (tertiary alicyclic amines) is 1. The number of aliphatic hydroxyl groups is 1. The van der Waals surface area contributed by atoms with Crippen molar-refractivity contribution in [3.05, 3.63) is 77.9 Å². The lowest BCUT2D eigenvalue weighted by molar-refractivity contribution is -0.137. The molecule has 5 aromatic rings. The van der Waals surface area contributed by atoms with Crippen LogP contribution in [-0.4, -0.2) is 49.5 Å². The third kappa shape index (κ3) is 4.57. The second-order valence-corrected chi connectivity index (χ2v) is 9.56. The summed E-state index contributed by atoms with van der Waals surface area (Å²) in [5, 5.41) is 17.9. The Balaban J connectivity index is 1.46. The Morgan fingerprint density at radius 1 is 1.03 bits per heavy atom. The van der Waals surface area contributed by atoms with E-state index in [0.29, 0.717) is 46.7 Å². The van der Waals surface area contributed by atoms with Gasteiger partial charge in [0.25, 0.3) is 0 Å². The fourth-order valence-electron chi connectivity index (χ4n) is 4.96. The standard InChI is InChI=1S/C28H23F4N5O2/c1-36-15-33-35-26(36)21-13-19(29)6-7-20(21)16-4-2-5-17(10-16)27-34-23-12-18(24(14-38)37-8-3-9-37)11-22(25(23)39-27)28(30,31)32/h2,4-7,10-13,15,24,38H,3,8-9,14H2,1H3/t24-/m0/s1. The van der Waals surface area contributed by atoms with Crippen LogP contribution in [0.4, 0.5) is 17.6 Å². The second kappa shape index (κ2) is 9.58. The fourth-order valence-corrected chi connectivity index (χ4v) is 4.96. The topological polar surface area (TPSA) is 80.2 Å². The molecule has 0 aliphatic carbocycles. The lowest BCUT2D eigenvalue weighted by atomic mass is 9.97. The average Bonchev–Trinajstić information content (AvgIpc) is 3.51. The number of aliphatic hydroxyl groups excluding tert-OH is 1.